The fourth-order valence-corrected chi connectivity index (χ4v) is 2.36. The summed E-state index contributed by atoms with van der Waals surface area (Å²) in [6, 6.07) is 7.88. The topological polar surface area (TPSA) is 20.2 Å². The summed E-state index contributed by atoms with van der Waals surface area (Å²) in [7, 11) is 0. The highest BCUT2D eigenvalue weighted by molar-refractivity contribution is 6.35. The van der Waals surface area contributed by atoms with Crippen LogP contribution in [0.15, 0.2) is 36.4 Å². The lowest BCUT2D eigenvalue weighted by atomic mass is 10.0. The second-order valence-electron chi connectivity index (χ2n) is 4.12. The van der Waals surface area contributed by atoms with E-state index in [1.807, 2.05) is 0 Å². The van der Waals surface area contributed by atoms with Gasteiger partial charge in [0, 0.05) is 22.5 Å². The molecule has 0 saturated carbocycles. The number of aliphatic hydroxyl groups excluding tert-OH is 1. The molecule has 0 bridgehead atoms. The van der Waals surface area contributed by atoms with Gasteiger partial charge in [-0.25, -0.2) is 8.78 Å². The van der Waals surface area contributed by atoms with Gasteiger partial charge in [0.25, 0.3) is 0 Å². The van der Waals surface area contributed by atoms with E-state index >= 15 is 0 Å². The number of halogens is 4. The quantitative estimate of drug-likeness (QED) is 0.882. The standard InChI is InChI=1S/C14H10Cl2F2O/c15-12-2-1-3-13(16)11(12)7-14(19)8-4-9(17)6-10(18)5-8/h1-6,14,19H,7H2. The van der Waals surface area contributed by atoms with Gasteiger partial charge in [-0.2, -0.15) is 0 Å². The Kier molecular flexibility index (Phi) is 4.40. The van der Waals surface area contributed by atoms with E-state index in [9.17, 15) is 13.9 Å². The number of hydrogen-bond acceptors (Lipinski definition) is 1. The maximum atomic E-state index is 13.1. The predicted octanol–water partition coefficient (Wildman–Crippen LogP) is 4.55. The van der Waals surface area contributed by atoms with Crippen LogP contribution in [0.25, 0.3) is 0 Å². The molecule has 0 fully saturated rings. The van der Waals surface area contributed by atoms with Gasteiger partial charge in [-0.15, -0.1) is 0 Å². The van der Waals surface area contributed by atoms with E-state index in [0.29, 0.717) is 15.6 Å². The van der Waals surface area contributed by atoms with Crippen molar-refractivity contribution in [1.82, 2.24) is 0 Å². The summed E-state index contributed by atoms with van der Waals surface area (Å²) in [6.07, 6.45) is -0.996. The molecular weight excluding hydrogens is 293 g/mol. The van der Waals surface area contributed by atoms with Crippen LogP contribution in [-0.2, 0) is 6.42 Å². The zero-order valence-corrected chi connectivity index (χ0v) is 11.2. The van der Waals surface area contributed by atoms with Crippen LogP contribution in [0, 0.1) is 11.6 Å². The average molecular weight is 303 g/mol. The van der Waals surface area contributed by atoms with Crippen molar-refractivity contribution in [3.8, 4) is 0 Å². The van der Waals surface area contributed by atoms with Crippen LogP contribution in [-0.4, -0.2) is 5.11 Å². The lowest BCUT2D eigenvalue weighted by Gasteiger charge is -2.13. The molecule has 0 aliphatic heterocycles. The molecule has 0 amide bonds. The van der Waals surface area contributed by atoms with Crippen LogP contribution in [0.5, 0.6) is 0 Å². The van der Waals surface area contributed by atoms with Crippen molar-refractivity contribution >= 4 is 23.2 Å². The fourth-order valence-electron chi connectivity index (χ4n) is 1.81. The molecule has 2 aromatic carbocycles. The molecule has 0 aliphatic rings. The summed E-state index contributed by atoms with van der Waals surface area (Å²) in [4.78, 5) is 0. The van der Waals surface area contributed by atoms with E-state index < -0.39 is 17.7 Å². The zero-order valence-electron chi connectivity index (χ0n) is 9.71. The molecule has 1 atom stereocenters. The van der Waals surface area contributed by atoms with Crippen LogP contribution >= 0.6 is 23.2 Å². The van der Waals surface area contributed by atoms with Gasteiger partial charge in [-0.3, -0.25) is 0 Å². The second-order valence-corrected chi connectivity index (χ2v) is 4.94. The summed E-state index contributed by atoms with van der Waals surface area (Å²) in [6.45, 7) is 0. The molecule has 2 aromatic rings. The van der Waals surface area contributed by atoms with Gasteiger partial charge in [-0.05, 0) is 35.4 Å². The van der Waals surface area contributed by atoms with E-state index in [2.05, 4.69) is 0 Å². The van der Waals surface area contributed by atoms with Gasteiger partial charge in [-0.1, -0.05) is 29.3 Å². The molecule has 2 rings (SSSR count). The smallest absolute Gasteiger partial charge is 0.126 e. The Morgan fingerprint density at radius 3 is 2.05 bits per heavy atom. The van der Waals surface area contributed by atoms with E-state index in [-0.39, 0.29) is 12.0 Å². The number of hydrogen-bond donors (Lipinski definition) is 1. The van der Waals surface area contributed by atoms with Crippen LogP contribution in [0.2, 0.25) is 10.0 Å². The lowest BCUT2D eigenvalue weighted by molar-refractivity contribution is 0.177. The van der Waals surface area contributed by atoms with Crippen molar-refractivity contribution in [2.24, 2.45) is 0 Å². The Hall–Kier alpha value is -1.16. The Bertz CT molecular complexity index is 561. The fraction of sp³-hybridized carbons (Fsp3) is 0.143. The van der Waals surface area contributed by atoms with Crippen LogP contribution in [0.3, 0.4) is 0 Å². The van der Waals surface area contributed by atoms with Gasteiger partial charge in [0.1, 0.15) is 11.6 Å². The minimum absolute atomic E-state index is 0.0847. The van der Waals surface area contributed by atoms with Gasteiger partial charge >= 0.3 is 0 Å². The maximum absolute atomic E-state index is 13.1. The Morgan fingerprint density at radius 2 is 1.53 bits per heavy atom. The zero-order chi connectivity index (χ0) is 14.0. The molecule has 0 heterocycles. The molecular formula is C14H10Cl2F2O. The third kappa shape index (κ3) is 3.44. The maximum Gasteiger partial charge on any atom is 0.126 e. The molecule has 0 aromatic heterocycles. The van der Waals surface area contributed by atoms with Gasteiger partial charge < -0.3 is 5.11 Å². The van der Waals surface area contributed by atoms with Crippen LogP contribution < -0.4 is 0 Å². The second kappa shape index (κ2) is 5.87. The third-order valence-corrected chi connectivity index (χ3v) is 3.44. The molecule has 5 heteroatoms. The van der Waals surface area contributed by atoms with E-state index in [1.165, 1.54) is 0 Å². The summed E-state index contributed by atoms with van der Waals surface area (Å²) < 4.78 is 26.2. The molecule has 0 saturated heterocycles. The SMILES string of the molecule is OC(Cc1c(Cl)cccc1Cl)c1cc(F)cc(F)c1. The third-order valence-electron chi connectivity index (χ3n) is 2.73. The minimum Gasteiger partial charge on any atom is -0.388 e. The number of rotatable bonds is 3. The highest BCUT2D eigenvalue weighted by Crippen LogP contribution is 2.29. The first-order valence-electron chi connectivity index (χ1n) is 5.54. The number of aliphatic hydroxyl groups is 1. The first-order chi connectivity index (χ1) is 8.97. The normalized spacial score (nSPS) is 12.5. The van der Waals surface area contributed by atoms with Crippen molar-refractivity contribution in [2.75, 3.05) is 0 Å². The molecule has 0 radical (unpaired) electrons. The first kappa shape index (κ1) is 14.3. The Labute approximate surface area is 119 Å². The first-order valence-corrected chi connectivity index (χ1v) is 6.30. The van der Waals surface area contributed by atoms with Gasteiger partial charge in [0.15, 0.2) is 0 Å². The van der Waals surface area contributed by atoms with Crippen LogP contribution in [0.4, 0.5) is 8.78 Å². The predicted molar refractivity (Wildman–Crippen MR) is 71.5 cm³/mol. The number of benzene rings is 2. The molecule has 0 aliphatic carbocycles. The van der Waals surface area contributed by atoms with E-state index in [1.54, 1.807) is 18.2 Å². The van der Waals surface area contributed by atoms with E-state index in [4.69, 9.17) is 23.2 Å². The monoisotopic (exact) mass is 302 g/mol. The summed E-state index contributed by atoms with van der Waals surface area (Å²) in [5.41, 5.74) is 0.691. The van der Waals surface area contributed by atoms with Crippen molar-refractivity contribution < 1.29 is 13.9 Å². The highest BCUT2D eigenvalue weighted by atomic mass is 35.5. The Morgan fingerprint density at radius 1 is 1.00 bits per heavy atom. The summed E-state index contributed by atoms with van der Waals surface area (Å²) in [5.74, 6) is -1.47. The molecule has 19 heavy (non-hydrogen) atoms. The molecule has 1 N–H and O–H groups in total. The van der Waals surface area contributed by atoms with Crippen molar-refractivity contribution in [1.29, 1.82) is 0 Å². The molecule has 0 spiro atoms. The summed E-state index contributed by atoms with van der Waals surface area (Å²) in [5, 5.41) is 10.8. The lowest BCUT2D eigenvalue weighted by Crippen LogP contribution is -2.04. The average Bonchev–Trinajstić information content (AvgIpc) is 2.32. The van der Waals surface area contributed by atoms with Gasteiger partial charge in [0.2, 0.25) is 0 Å². The molecule has 1 unspecified atom stereocenters. The molecule has 1 nitrogen and oxygen atoms in total. The Balaban J connectivity index is 2.28. The van der Waals surface area contributed by atoms with Crippen molar-refractivity contribution in [2.45, 2.75) is 12.5 Å². The van der Waals surface area contributed by atoms with Crippen molar-refractivity contribution in [3.05, 3.63) is 69.2 Å². The van der Waals surface area contributed by atoms with Crippen molar-refractivity contribution in [3.63, 3.8) is 0 Å². The van der Waals surface area contributed by atoms with Crippen LogP contribution in [0.1, 0.15) is 17.2 Å². The molecule has 100 valence electrons. The van der Waals surface area contributed by atoms with E-state index in [0.717, 1.165) is 18.2 Å². The van der Waals surface area contributed by atoms with Gasteiger partial charge in [0.05, 0.1) is 6.10 Å². The highest BCUT2D eigenvalue weighted by Gasteiger charge is 2.15. The largest absolute Gasteiger partial charge is 0.388 e. The summed E-state index contributed by atoms with van der Waals surface area (Å²) >= 11 is 12.0. The minimum atomic E-state index is -1.08.